The molecule has 2 N–H and O–H groups in total. The third-order valence-corrected chi connectivity index (χ3v) is 2.73. The highest BCUT2D eigenvalue weighted by molar-refractivity contribution is 5.92. The van der Waals surface area contributed by atoms with Gasteiger partial charge >= 0.3 is 6.09 Å². The van der Waals surface area contributed by atoms with Crippen molar-refractivity contribution in [1.29, 1.82) is 0 Å². The lowest BCUT2D eigenvalue weighted by molar-refractivity contribution is -0.119. The first-order valence-electron chi connectivity index (χ1n) is 6.20. The number of amides is 2. The number of alkyl carbamates (subject to hydrolysis) is 1. The van der Waals surface area contributed by atoms with Gasteiger partial charge in [-0.3, -0.25) is 10.1 Å². The zero-order valence-electron chi connectivity index (χ0n) is 11.5. The Balaban J connectivity index is 2.56. The molecule has 19 heavy (non-hydrogen) atoms. The summed E-state index contributed by atoms with van der Waals surface area (Å²) in [6.45, 7) is 4.21. The van der Waals surface area contributed by atoms with E-state index in [2.05, 4.69) is 29.2 Å². The van der Waals surface area contributed by atoms with Crippen LogP contribution in [0.2, 0.25) is 0 Å². The van der Waals surface area contributed by atoms with Gasteiger partial charge in [-0.05, 0) is 11.5 Å². The molecule has 0 saturated heterocycles. The maximum Gasteiger partial charge on any atom is 0.413 e. The van der Waals surface area contributed by atoms with E-state index in [1.54, 1.807) is 0 Å². The number of carbonyl (C=O) groups excluding carboxylic acids is 2. The van der Waals surface area contributed by atoms with Crippen molar-refractivity contribution >= 4 is 12.0 Å². The first-order valence-corrected chi connectivity index (χ1v) is 6.20. The Hall–Kier alpha value is -1.88. The SMILES string of the molecule is COC(=O)NC(=O)CN[C@@H](c1ccccc1)C(C)C. The van der Waals surface area contributed by atoms with E-state index in [9.17, 15) is 9.59 Å². The lowest BCUT2D eigenvalue weighted by Gasteiger charge is -2.22. The van der Waals surface area contributed by atoms with E-state index in [-0.39, 0.29) is 12.6 Å². The van der Waals surface area contributed by atoms with Crippen molar-refractivity contribution < 1.29 is 14.3 Å². The van der Waals surface area contributed by atoms with Gasteiger partial charge in [-0.1, -0.05) is 44.2 Å². The molecule has 5 heteroatoms. The number of hydrogen-bond donors (Lipinski definition) is 2. The fourth-order valence-electron chi connectivity index (χ4n) is 1.81. The lowest BCUT2D eigenvalue weighted by atomic mass is 9.96. The second kappa shape index (κ2) is 7.53. The molecule has 104 valence electrons. The van der Waals surface area contributed by atoms with E-state index in [4.69, 9.17) is 0 Å². The van der Waals surface area contributed by atoms with E-state index in [1.165, 1.54) is 7.11 Å². The molecule has 0 aliphatic carbocycles. The number of nitrogens with one attached hydrogen (secondary N) is 2. The van der Waals surface area contributed by atoms with Crippen LogP contribution in [-0.4, -0.2) is 25.7 Å². The van der Waals surface area contributed by atoms with Crippen LogP contribution in [0.5, 0.6) is 0 Å². The van der Waals surface area contributed by atoms with Crippen LogP contribution in [0.3, 0.4) is 0 Å². The fourth-order valence-corrected chi connectivity index (χ4v) is 1.81. The third kappa shape index (κ3) is 5.09. The molecule has 0 aliphatic heterocycles. The summed E-state index contributed by atoms with van der Waals surface area (Å²) in [5, 5.41) is 5.26. The van der Waals surface area contributed by atoms with E-state index in [0.29, 0.717) is 5.92 Å². The van der Waals surface area contributed by atoms with Crippen LogP contribution in [-0.2, 0) is 9.53 Å². The molecule has 0 bridgehead atoms. The first kappa shape index (κ1) is 15.2. The fraction of sp³-hybridized carbons (Fsp3) is 0.429. The lowest BCUT2D eigenvalue weighted by Crippen LogP contribution is -2.39. The quantitative estimate of drug-likeness (QED) is 0.851. The number of benzene rings is 1. The highest BCUT2D eigenvalue weighted by Crippen LogP contribution is 2.20. The molecule has 0 aliphatic rings. The van der Waals surface area contributed by atoms with E-state index < -0.39 is 12.0 Å². The molecular weight excluding hydrogens is 244 g/mol. The average Bonchev–Trinajstić information content (AvgIpc) is 2.39. The molecule has 1 atom stereocenters. The smallest absolute Gasteiger partial charge is 0.413 e. The summed E-state index contributed by atoms with van der Waals surface area (Å²) in [5.74, 6) is -0.0817. The van der Waals surface area contributed by atoms with Gasteiger partial charge in [0.1, 0.15) is 0 Å². The molecule has 5 nitrogen and oxygen atoms in total. The molecule has 0 saturated carbocycles. The number of carbonyl (C=O) groups is 2. The Bertz CT molecular complexity index is 418. The topological polar surface area (TPSA) is 67.4 Å². The second-order valence-corrected chi connectivity index (χ2v) is 4.55. The van der Waals surface area contributed by atoms with E-state index >= 15 is 0 Å². The molecule has 0 spiro atoms. The number of methoxy groups -OCH3 is 1. The molecule has 1 aromatic carbocycles. The number of imide groups is 1. The van der Waals surface area contributed by atoms with Crippen molar-refractivity contribution in [3.8, 4) is 0 Å². The number of hydrogen-bond acceptors (Lipinski definition) is 4. The predicted octanol–water partition coefficient (Wildman–Crippen LogP) is 1.86. The summed E-state index contributed by atoms with van der Waals surface area (Å²) in [6.07, 6.45) is -0.743. The minimum absolute atomic E-state index is 0.0598. The summed E-state index contributed by atoms with van der Waals surface area (Å²) in [6, 6.07) is 9.95. The van der Waals surface area contributed by atoms with Crippen LogP contribution in [0.1, 0.15) is 25.5 Å². The molecule has 0 radical (unpaired) electrons. The van der Waals surface area contributed by atoms with Gasteiger partial charge in [-0.25, -0.2) is 4.79 Å². The van der Waals surface area contributed by atoms with Crippen molar-refractivity contribution in [2.45, 2.75) is 19.9 Å². The minimum atomic E-state index is -0.743. The molecule has 0 fully saturated rings. The van der Waals surface area contributed by atoms with Crippen LogP contribution in [0, 0.1) is 5.92 Å². The summed E-state index contributed by atoms with van der Waals surface area (Å²) in [7, 11) is 1.22. The number of ether oxygens (including phenoxy) is 1. The van der Waals surface area contributed by atoms with E-state index in [1.807, 2.05) is 30.3 Å². The van der Waals surface area contributed by atoms with Gasteiger partial charge in [0.2, 0.25) is 5.91 Å². The maximum atomic E-state index is 11.5. The highest BCUT2D eigenvalue weighted by atomic mass is 16.5. The van der Waals surface area contributed by atoms with Crippen LogP contribution < -0.4 is 10.6 Å². The Morgan fingerprint density at radius 1 is 1.21 bits per heavy atom. The van der Waals surface area contributed by atoms with Gasteiger partial charge in [-0.2, -0.15) is 0 Å². The Labute approximate surface area is 113 Å². The van der Waals surface area contributed by atoms with Crippen LogP contribution in [0.15, 0.2) is 30.3 Å². The van der Waals surface area contributed by atoms with Gasteiger partial charge < -0.3 is 10.1 Å². The average molecular weight is 264 g/mol. The minimum Gasteiger partial charge on any atom is -0.453 e. The summed E-state index contributed by atoms with van der Waals surface area (Å²) in [5.41, 5.74) is 1.11. The first-order chi connectivity index (χ1) is 9.04. The Kier molecular flexibility index (Phi) is 6.02. The molecule has 2 amide bonds. The standard InChI is InChI=1S/C14H20N2O3/c1-10(2)13(11-7-5-4-6-8-11)15-9-12(17)16-14(18)19-3/h4-8,10,13,15H,9H2,1-3H3,(H,16,17,18)/t13-/m1/s1. The Morgan fingerprint density at radius 2 is 1.84 bits per heavy atom. The van der Waals surface area contributed by atoms with Gasteiger partial charge in [0, 0.05) is 6.04 Å². The van der Waals surface area contributed by atoms with E-state index in [0.717, 1.165) is 5.56 Å². The predicted molar refractivity (Wildman–Crippen MR) is 72.6 cm³/mol. The number of rotatable bonds is 5. The third-order valence-electron chi connectivity index (χ3n) is 2.73. The monoisotopic (exact) mass is 264 g/mol. The molecule has 0 heterocycles. The second-order valence-electron chi connectivity index (χ2n) is 4.55. The highest BCUT2D eigenvalue weighted by Gasteiger charge is 2.16. The summed E-state index contributed by atoms with van der Waals surface area (Å²) in [4.78, 5) is 22.4. The van der Waals surface area contributed by atoms with Crippen molar-refractivity contribution in [3.63, 3.8) is 0 Å². The van der Waals surface area contributed by atoms with Gasteiger partial charge in [0.15, 0.2) is 0 Å². The summed E-state index contributed by atoms with van der Waals surface area (Å²) < 4.78 is 4.36. The van der Waals surface area contributed by atoms with Gasteiger partial charge in [-0.15, -0.1) is 0 Å². The molecule has 1 rings (SSSR count). The van der Waals surface area contributed by atoms with Crippen molar-refractivity contribution in [2.75, 3.05) is 13.7 Å². The van der Waals surface area contributed by atoms with Gasteiger partial charge in [0.05, 0.1) is 13.7 Å². The zero-order chi connectivity index (χ0) is 14.3. The largest absolute Gasteiger partial charge is 0.453 e. The molecule has 0 unspecified atom stereocenters. The van der Waals surface area contributed by atoms with Crippen LogP contribution in [0.4, 0.5) is 4.79 Å². The molecule has 0 aromatic heterocycles. The van der Waals surface area contributed by atoms with Crippen molar-refractivity contribution in [3.05, 3.63) is 35.9 Å². The van der Waals surface area contributed by atoms with Crippen LogP contribution in [0.25, 0.3) is 0 Å². The van der Waals surface area contributed by atoms with Crippen LogP contribution >= 0.6 is 0 Å². The summed E-state index contributed by atoms with van der Waals surface area (Å²) >= 11 is 0. The Morgan fingerprint density at radius 3 is 2.37 bits per heavy atom. The normalized spacial score (nSPS) is 12.0. The zero-order valence-corrected chi connectivity index (χ0v) is 11.5. The van der Waals surface area contributed by atoms with Crippen molar-refractivity contribution in [2.24, 2.45) is 5.92 Å². The molecule has 1 aromatic rings. The molecular formula is C14H20N2O3. The van der Waals surface area contributed by atoms with Crippen molar-refractivity contribution in [1.82, 2.24) is 10.6 Å². The van der Waals surface area contributed by atoms with Gasteiger partial charge in [0.25, 0.3) is 0 Å². The maximum absolute atomic E-state index is 11.5.